The lowest BCUT2D eigenvalue weighted by molar-refractivity contribution is 0.0970. The van der Waals surface area contributed by atoms with Gasteiger partial charge in [-0.25, -0.2) is 4.98 Å². The standard InChI is InChI=1S/C18H18N6O3/c1-10-5-13(12(3)24(10)16-6-11(2)27-21-16)15(25)8-23-9-19-17-14(18(23)26)7-20-22(17)4/h5-7,9H,8H2,1-4H3. The highest BCUT2D eigenvalue weighted by Crippen LogP contribution is 2.21. The molecule has 0 atom stereocenters. The Morgan fingerprint density at radius 3 is 2.70 bits per heavy atom. The molecule has 0 spiro atoms. The molecule has 0 radical (unpaired) electrons. The Balaban J connectivity index is 1.70. The summed E-state index contributed by atoms with van der Waals surface area (Å²) in [5, 5.41) is 8.44. The predicted octanol–water partition coefficient (Wildman–Crippen LogP) is 1.72. The molecule has 0 fully saturated rings. The van der Waals surface area contributed by atoms with Gasteiger partial charge in [0, 0.05) is 30.1 Å². The molecule has 4 aromatic heterocycles. The largest absolute Gasteiger partial charge is 0.360 e. The predicted molar refractivity (Wildman–Crippen MR) is 97.1 cm³/mol. The number of aromatic nitrogens is 6. The van der Waals surface area contributed by atoms with Crippen LogP contribution in [0.3, 0.4) is 0 Å². The lowest BCUT2D eigenvalue weighted by atomic mass is 10.1. The van der Waals surface area contributed by atoms with Crippen LogP contribution in [0.15, 0.2) is 34.0 Å². The molecule has 9 nitrogen and oxygen atoms in total. The summed E-state index contributed by atoms with van der Waals surface area (Å²) in [6.45, 7) is 5.45. The molecule has 4 rings (SSSR count). The third-order valence-electron chi connectivity index (χ3n) is 4.61. The molecule has 9 heteroatoms. The SMILES string of the molecule is Cc1cc(-n2c(C)cc(C(=O)Cn3cnc4c(cnn4C)c3=O)c2C)no1. The first-order valence-corrected chi connectivity index (χ1v) is 8.40. The minimum absolute atomic E-state index is 0.0984. The van der Waals surface area contributed by atoms with Crippen LogP contribution in [0.4, 0.5) is 0 Å². The lowest BCUT2D eigenvalue weighted by Crippen LogP contribution is -2.24. The van der Waals surface area contributed by atoms with E-state index in [4.69, 9.17) is 4.52 Å². The number of hydrogen-bond acceptors (Lipinski definition) is 6. The fraction of sp³-hybridized carbons (Fsp3) is 0.278. The van der Waals surface area contributed by atoms with E-state index in [9.17, 15) is 9.59 Å². The average molecular weight is 366 g/mol. The summed E-state index contributed by atoms with van der Waals surface area (Å²) in [6, 6.07) is 3.60. The zero-order valence-electron chi connectivity index (χ0n) is 15.4. The topological polar surface area (TPSA) is 101 Å². The molecular weight excluding hydrogens is 348 g/mol. The summed E-state index contributed by atoms with van der Waals surface area (Å²) in [4.78, 5) is 29.7. The molecule has 138 valence electrons. The molecule has 0 amide bonds. The molecule has 0 bridgehead atoms. The first-order valence-electron chi connectivity index (χ1n) is 8.40. The molecule has 0 N–H and O–H groups in total. The van der Waals surface area contributed by atoms with E-state index in [1.54, 1.807) is 19.2 Å². The Morgan fingerprint density at radius 2 is 2.00 bits per heavy atom. The number of carbonyl (C=O) groups excluding carboxylic acids is 1. The van der Waals surface area contributed by atoms with Crippen LogP contribution < -0.4 is 5.56 Å². The zero-order valence-corrected chi connectivity index (χ0v) is 15.4. The number of nitrogens with zero attached hydrogens (tertiary/aromatic N) is 6. The van der Waals surface area contributed by atoms with Crippen LogP contribution in [0.2, 0.25) is 0 Å². The number of ketones is 1. The van der Waals surface area contributed by atoms with Crippen molar-refractivity contribution in [3.8, 4) is 5.82 Å². The summed E-state index contributed by atoms with van der Waals surface area (Å²) in [5.74, 6) is 1.13. The lowest BCUT2D eigenvalue weighted by Gasteiger charge is -2.06. The van der Waals surface area contributed by atoms with E-state index in [0.29, 0.717) is 28.2 Å². The van der Waals surface area contributed by atoms with Crippen molar-refractivity contribution in [1.82, 2.24) is 29.1 Å². The van der Waals surface area contributed by atoms with Gasteiger partial charge < -0.3 is 4.52 Å². The van der Waals surface area contributed by atoms with Crippen molar-refractivity contribution in [1.29, 1.82) is 0 Å². The van der Waals surface area contributed by atoms with E-state index in [0.717, 1.165) is 11.4 Å². The van der Waals surface area contributed by atoms with E-state index >= 15 is 0 Å². The van der Waals surface area contributed by atoms with Crippen molar-refractivity contribution in [3.05, 3.63) is 57.7 Å². The summed E-state index contributed by atoms with van der Waals surface area (Å²) < 4.78 is 9.82. The molecule has 0 saturated carbocycles. The Hall–Kier alpha value is -3.49. The van der Waals surface area contributed by atoms with Crippen LogP contribution >= 0.6 is 0 Å². The maximum absolute atomic E-state index is 12.9. The number of Topliss-reactive ketones (excluding diaryl/α,β-unsaturated/α-hetero) is 1. The second-order valence-corrected chi connectivity index (χ2v) is 6.52. The summed E-state index contributed by atoms with van der Waals surface area (Å²) in [7, 11) is 1.71. The number of hydrogen-bond donors (Lipinski definition) is 0. The third kappa shape index (κ3) is 2.67. The van der Waals surface area contributed by atoms with Gasteiger partial charge in [-0.2, -0.15) is 5.10 Å². The molecule has 0 unspecified atom stereocenters. The maximum atomic E-state index is 12.9. The van der Waals surface area contributed by atoms with Crippen LogP contribution in [0, 0.1) is 20.8 Å². The van der Waals surface area contributed by atoms with Crippen LogP contribution in [0.5, 0.6) is 0 Å². The zero-order chi connectivity index (χ0) is 19.3. The van der Waals surface area contributed by atoms with E-state index in [1.807, 2.05) is 25.3 Å². The molecule has 0 aliphatic carbocycles. The van der Waals surface area contributed by atoms with Crippen molar-refractivity contribution < 1.29 is 9.32 Å². The molecule has 0 aliphatic rings. The van der Waals surface area contributed by atoms with Crippen molar-refractivity contribution in [2.75, 3.05) is 0 Å². The fourth-order valence-corrected chi connectivity index (χ4v) is 3.28. The van der Waals surface area contributed by atoms with E-state index in [2.05, 4.69) is 15.2 Å². The van der Waals surface area contributed by atoms with Crippen molar-refractivity contribution in [3.63, 3.8) is 0 Å². The van der Waals surface area contributed by atoms with Crippen molar-refractivity contribution >= 4 is 16.8 Å². The van der Waals surface area contributed by atoms with Gasteiger partial charge in [0.15, 0.2) is 17.2 Å². The molecule has 4 heterocycles. The molecular formula is C18H18N6O3. The highest BCUT2D eigenvalue weighted by Gasteiger charge is 2.19. The molecule has 0 saturated heterocycles. The first-order chi connectivity index (χ1) is 12.9. The van der Waals surface area contributed by atoms with Gasteiger partial charge in [-0.05, 0) is 26.8 Å². The molecule has 27 heavy (non-hydrogen) atoms. The Kier molecular flexibility index (Phi) is 3.79. The first kappa shape index (κ1) is 17.0. The quantitative estimate of drug-likeness (QED) is 0.510. The van der Waals surface area contributed by atoms with Crippen molar-refractivity contribution in [2.45, 2.75) is 27.3 Å². The van der Waals surface area contributed by atoms with Gasteiger partial charge in [0.2, 0.25) is 0 Å². The normalized spacial score (nSPS) is 11.4. The summed E-state index contributed by atoms with van der Waals surface area (Å²) in [5.41, 5.74) is 2.34. The van der Waals surface area contributed by atoms with Crippen molar-refractivity contribution in [2.24, 2.45) is 7.05 Å². The van der Waals surface area contributed by atoms with Gasteiger partial charge in [0.05, 0.1) is 12.7 Å². The van der Waals surface area contributed by atoms with E-state index in [-0.39, 0.29) is 17.9 Å². The van der Waals surface area contributed by atoms with E-state index in [1.165, 1.54) is 21.8 Å². The van der Waals surface area contributed by atoms with Crippen LogP contribution in [0.1, 0.15) is 27.5 Å². The Morgan fingerprint density at radius 1 is 1.22 bits per heavy atom. The molecule has 4 aromatic rings. The van der Waals surface area contributed by atoms with Gasteiger partial charge >= 0.3 is 0 Å². The van der Waals surface area contributed by atoms with Gasteiger partial charge in [0.25, 0.3) is 5.56 Å². The second-order valence-electron chi connectivity index (χ2n) is 6.52. The number of rotatable bonds is 4. The van der Waals surface area contributed by atoms with Gasteiger partial charge in [-0.1, -0.05) is 5.16 Å². The van der Waals surface area contributed by atoms with Gasteiger partial charge in [-0.3, -0.25) is 23.4 Å². The molecule has 0 aliphatic heterocycles. The number of carbonyl (C=O) groups is 1. The third-order valence-corrected chi connectivity index (χ3v) is 4.61. The van der Waals surface area contributed by atoms with E-state index < -0.39 is 0 Å². The number of fused-ring (bicyclic) bond motifs is 1. The average Bonchev–Trinajstić information content (AvgIpc) is 3.29. The Labute approximate surface area is 153 Å². The molecule has 0 aromatic carbocycles. The second kappa shape index (κ2) is 6.04. The minimum Gasteiger partial charge on any atom is -0.360 e. The fourth-order valence-electron chi connectivity index (χ4n) is 3.28. The van der Waals surface area contributed by atoms with Crippen LogP contribution in [-0.4, -0.2) is 34.8 Å². The van der Waals surface area contributed by atoms with Gasteiger partial charge in [-0.15, -0.1) is 0 Å². The highest BCUT2D eigenvalue weighted by atomic mass is 16.5. The highest BCUT2D eigenvalue weighted by molar-refractivity contribution is 5.97. The number of aryl methyl sites for hydroxylation is 3. The summed E-state index contributed by atoms with van der Waals surface area (Å²) in [6.07, 6.45) is 2.84. The van der Waals surface area contributed by atoms with Gasteiger partial charge in [0.1, 0.15) is 17.5 Å². The van der Waals surface area contributed by atoms with Crippen LogP contribution in [-0.2, 0) is 13.6 Å². The minimum atomic E-state index is -0.289. The summed E-state index contributed by atoms with van der Waals surface area (Å²) >= 11 is 0. The monoisotopic (exact) mass is 366 g/mol. The smallest absolute Gasteiger partial charge is 0.264 e. The van der Waals surface area contributed by atoms with Crippen LogP contribution in [0.25, 0.3) is 16.9 Å². The maximum Gasteiger partial charge on any atom is 0.264 e. The Bertz CT molecular complexity index is 1240.